The number of hydrogen-bond acceptors (Lipinski definition) is 6. The van der Waals surface area contributed by atoms with E-state index >= 15 is 0 Å². The van der Waals surface area contributed by atoms with Crippen molar-refractivity contribution in [3.63, 3.8) is 0 Å². The van der Waals surface area contributed by atoms with Crippen LogP contribution < -0.4 is 5.73 Å². The van der Waals surface area contributed by atoms with E-state index in [2.05, 4.69) is 40.9 Å². The van der Waals surface area contributed by atoms with Crippen LogP contribution in [0.3, 0.4) is 0 Å². The molecule has 1 saturated heterocycles. The van der Waals surface area contributed by atoms with Gasteiger partial charge in [0.15, 0.2) is 5.96 Å². The van der Waals surface area contributed by atoms with Crippen molar-refractivity contribution in [2.45, 2.75) is 51.6 Å². The summed E-state index contributed by atoms with van der Waals surface area (Å²) in [5.41, 5.74) is 10.0. The summed E-state index contributed by atoms with van der Waals surface area (Å²) in [6, 6.07) is 7.75. The molecular weight excluding hydrogens is 438 g/mol. The number of phenolic OH excluding ortho intramolecular Hbond substituents is 1. The molecule has 0 radical (unpaired) electrons. The Bertz CT molecular complexity index is 1180. The summed E-state index contributed by atoms with van der Waals surface area (Å²) in [7, 11) is 0. The number of guanidine groups is 1. The number of aliphatic imine (C=N–C) groups is 1. The summed E-state index contributed by atoms with van der Waals surface area (Å²) in [5, 5.41) is 10.1. The predicted molar refractivity (Wildman–Crippen MR) is 139 cm³/mol. The van der Waals surface area contributed by atoms with Gasteiger partial charge in [-0.1, -0.05) is 32.1 Å². The van der Waals surface area contributed by atoms with Crippen LogP contribution in [0.5, 0.6) is 5.75 Å². The molecule has 7 nitrogen and oxygen atoms in total. The molecule has 0 spiro atoms. The van der Waals surface area contributed by atoms with E-state index in [1.165, 1.54) is 11.1 Å². The van der Waals surface area contributed by atoms with E-state index in [9.17, 15) is 9.90 Å². The first-order valence-electron chi connectivity index (χ1n) is 12.6. The molecule has 1 aromatic carbocycles. The highest BCUT2D eigenvalue weighted by atomic mass is 16.3. The monoisotopic (exact) mass is 473 g/mol. The number of phenols is 1. The second-order valence-electron chi connectivity index (χ2n) is 10.8. The van der Waals surface area contributed by atoms with Crippen LogP contribution in [0, 0.1) is 11.8 Å². The van der Waals surface area contributed by atoms with Crippen molar-refractivity contribution in [1.82, 2.24) is 14.8 Å². The van der Waals surface area contributed by atoms with Gasteiger partial charge in [0.1, 0.15) is 11.3 Å². The molecule has 2 aromatic rings. The minimum Gasteiger partial charge on any atom is -0.508 e. The molecule has 184 valence electrons. The molecule has 35 heavy (non-hydrogen) atoms. The number of amides is 1. The smallest absolute Gasteiger partial charge is 0.257 e. The van der Waals surface area contributed by atoms with Gasteiger partial charge < -0.3 is 10.8 Å². The number of aromatic hydroxyl groups is 1. The van der Waals surface area contributed by atoms with Crippen molar-refractivity contribution >= 4 is 24.0 Å². The average Bonchev–Trinajstić information content (AvgIpc) is 2.95. The highest BCUT2D eigenvalue weighted by molar-refractivity contribution is 6.06. The first-order chi connectivity index (χ1) is 16.7. The van der Waals surface area contributed by atoms with Gasteiger partial charge in [-0.3, -0.25) is 19.6 Å². The van der Waals surface area contributed by atoms with Crippen LogP contribution in [0.4, 0.5) is 0 Å². The number of carbonyl (C=O) groups excluding carboxylic acids is 1. The quantitative estimate of drug-likeness (QED) is 0.684. The Morgan fingerprint density at radius 3 is 2.63 bits per heavy atom. The molecule has 1 aliphatic carbocycles. The van der Waals surface area contributed by atoms with Crippen molar-refractivity contribution in [3.8, 4) is 5.75 Å². The molecule has 1 aromatic heterocycles. The fourth-order valence-corrected chi connectivity index (χ4v) is 6.01. The second-order valence-corrected chi connectivity index (χ2v) is 10.8. The van der Waals surface area contributed by atoms with Crippen molar-refractivity contribution < 1.29 is 9.90 Å². The van der Waals surface area contributed by atoms with E-state index < -0.39 is 5.54 Å². The van der Waals surface area contributed by atoms with Gasteiger partial charge in [0.2, 0.25) is 0 Å². The van der Waals surface area contributed by atoms with E-state index in [-0.39, 0.29) is 17.7 Å². The molecule has 0 saturated carbocycles. The Kier molecular flexibility index (Phi) is 6.13. The fraction of sp³-hybridized carbons (Fsp3) is 0.464. The van der Waals surface area contributed by atoms with E-state index in [0.29, 0.717) is 30.8 Å². The van der Waals surface area contributed by atoms with Crippen LogP contribution >= 0.6 is 0 Å². The molecule has 2 aliphatic heterocycles. The highest BCUT2D eigenvalue weighted by Crippen LogP contribution is 2.40. The number of carbonyl (C=O) groups is 1. The number of hydrogen-bond donors (Lipinski definition) is 2. The molecule has 7 heteroatoms. The summed E-state index contributed by atoms with van der Waals surface area (Å²) in [5.74, 6) is 1.43. The summed E-state index contributed by atoms with van der Waals surface area (Å²) >= 11 is 0. The number of pyridine rings is 1. The molecule has 1 fully saturated rings. The van der Waals surface area contributed by atoms with Gasteiger partial charge in [-0.05, 0) is 91.6 Å². The first-order valence-corrected chi connectivity index (χ1v) is 12.6. The summed E-state index contributed by atoms with van der Waals surface area (Å²) in [6.07, 6.45) is 10.6. The lowest BCUT2D eigenvalue weighted by Crippen LogP contribution is -2.47. The number of aromatic nitrogens is 1. The second kappa shape index (κ2) is 9.11. The Morgan fingerprint density at radius 2 is 1.89 bits per heavy atom. The predicted octanol–water partition coefficient (Wildman–Crippen LogP) is 4.03. The molecule has 0 bridgehead atoms. The lowest BCUT2D eigenvalue weighted by atomic mass is 9.88. The fourth-order valence-electron chi connectivity index (χ4n) is 6.01. The number of rotatable bonds is 5. The molecule has 3 aliphatic rings. The lowest BCUT2D eigenvalue weighted by Gasteiger charge is -2.39. The van der Waals surface area contributed by atoms with E-state index in [4.69, 9.17) is 5.73 Å². The average molecular weight is 474 g/mol. The lowest BCUT2D eigenvalue weighted by molar-refractivity contribution is -0.131. The van der Waals surface area contributed by atoms with Crippen LogP contribution in [0.15, 0.2) is 41.7 Å². The van der Waals surface area contributed by atoms with Crippen molar-refractivity contribution in [1.29, 1.82) is 0 Å². The van der Waals surface area contributed by atoms with Gasteiger partial charge >= 0.3 is 0 Å². The molecule has 2 atom stereocenters. The third-order valence-electron chi connectivity index (χ3n) is 7.59. The molecule has 1 amide bonds. The van der Waals surface area contributed by atoms with E-state index in [1.54, 1.807) is 11.0 Å². The zero-order valence-corrected chi connectivity index (χ0v) is 20.8. The summed E-state index contributed by atoms with van der Waals surface area (Å²) in [4.78, 5) is 26.4. The van der Waals surface area contributed by atoms with Gasteiger partial charge in [0.25, 0.3) is 5.91 Å². The normalized spacial score (nSPS) is 24.9. The maximum Gasteiger partial charge on any atom is 0.257 e. The number of nitrogens with zero attached hydrogens (tertiary/aromatic N) is 4. The summed E-state index contributed by atoms with van der Waals surface area (Å²) < 4.78 is 0. The van der Waals surface area contributed by atoms with Gasteiger partial charge in [0.05, 0.1) is 6.04 Å². The number of benzene rings is 1. The number of piperidine rings is 1. The number of likely N-dealkylation sites (tertiary alicyclic amines) is 1. The van der Waals surface area contributed by atoms with Gasteiger partial charge in [0, 0.05) is 18.9 Å². The van der Waals surface area contributed by atoms with Crippen molar-refractivity contribution in [2.75, 3.05) is 19.6 Å². The van der Waals surface area contributed by atoms with E-state index in [1.807, 2.05) is 37.5 Å². The maximum atomic E-state index is 13.2. The minimum atomic E-state index is -0.738. The van der Waals surface area contributed by atoms with Gasteiger partial charge in [-0.2, -0.15) is 0 Å². The number of nitrogens with two attached hydrogens (primary N) is 1. The SMILES string of the molecule is CC(C)CC1(C)N=C(N)N(CC2CCN(C3c4ccc(O)cc4C=Cc4ccncc43)CC2)C1=O. The van der Waals surface area contributed by atoms with Crippen LogP contribution in [-0.2, 0) is 4.79 Å². The zero-order valence-electron chi connectivity index (χ0n) is 20.8. The minimum absolute atomic E-state index is 0.0368. The van der Waals surface area contributed by atoms with Crippen LogP contribution in [0.1, 0.15) is 68.3 Å². The molecule has 2 unspecified atom stereocenters. The van der Waals surface area contributed by atoms with Crippen molar-refractivity contribution in [3.05, 3.63) is 58.9 Å². The molecule has 3 N–H and O–H groups in total. The van der Waals surface area contributed by atoms with Crippen LogP contribution in [0.25, 0.3) is 12.2 Å². The van der Waals surface area contributed by atoms with Crippen LogP contribution in [0.2, 0.25) is 0 Å². The zero-order chi connectivity index (χ0) is 24.7. The highest BCUT2D eigenvalue weighted by Gasteiger charge is 2.45. The van der Waals surface area contributed by atoms with Crippen LogP contribution in [-0.4, -0.2) is 56.9 Å². The Hall–Kier alpha value is -3.19. The first kappa shape index (κ1) is 23.5. The molecular formula is C28H35N5O2. The van der Waals surface area contributed by atoms with Gasteiger partial charge in [-0.15, -0.1) is 0 Å². The Morgan fingerprint density at radius 1 is 1.14 bits per heavy atom. The topological polar surface area (TPSA) is 95.1 Å². The third-order valence-corrected chi connectivity index (χ3v) is 7.59. The maximum absolute atomic E-state index is 13.2. The summed E-state index contributed by atoms with van der Waals surface area (Å²) in [6.45, 7) is 8.58. The number of fused-ring (bicyclic) bond motifs is 2. The van der Waals surface area contributed by atoms with Gasteiger partial charge in [-0.25, -0.2) is 4.99 Å². The Labute approximate surface area is 207 Å². The van der Waals surface area contributed by atoms with E-state index in [0.717, 1.165) is 37.1 Å². The largest absolute Gasteiger partial charge is 0.508 e. The standard InChI is InChI=1S/C28H35N5O2/c1-18(2)15-28(3)26(35)33(27(29)31-28)17-19-9-12-32(13-10-19)25-23-7-6-22(34)14-21(23)5-4-20-8-11-30-16-24(20)25/h4-8,11,14,16,18-19,25,34H,9-10,12-13,15,17H2,1-3H3,(H2,29,31). The van der Waals surface area contributed by atoms with Crippen molar-refractivity contribution in [2.24, 2.45) is 22.6 Å². The molecule has 3 heterocycles. The molecule has 5 rings (SSSR count). The Balaban J connectivity index is 1.32. The third kappa shape index (κ3) is 4.45.